The zero-order chi connectivity index (χ0) is 21.1. The van der Waals surface area contributed by atoms with Crippen LogP contribution in [0.3, 0.4) is 0 Å². The third-order valence-corrected chi connectivity index (χ3v) is 5.23. The molecule has 4 rings (SSSR count). The van der Waals surface area contributed by atoms with Crippen LogP contribution in [0.4, 0.5) is 10.6 Å². The largest absolute Gasteiger partial charge is 0.469 e. The Morgan fingerprint density at radius 2 is 2.17 bits per heavy atom. The van der Waals surface area contributed by atoms with Crippen LogP contribution < -0.4 is 11.1 Å². The predicted molar refractivity (Wildman–Crippen MR) is 95.8 cm³/mol. The summed E-state index contributed by atoms with van der Waals surface area (Å²) in [4.78, 5) is 41.3. The molecule has 0 aliphatic carbocycles. The van der Waals surface area contributed by atoms with Crippen molar-refractivity contribution in [1.82, 2.24) is 14.5 Å². The number of nitrogens with zero attached hydrogens (tertiary/aromatic N) is 4. The minimum Gasteiger partial charge on any atom is -0.387 e. The molecule has 15 heteroatoms. The van der Waals surface area contributed by atoms with Gasteiger partial charge in [-0.3, -0.25) is 9.84 Å². The first-order valence-corrected chi connectivity index (χ1v) is 9.79. The summed E-state index contributed by atoms with van der Waals surface area (Å²) >= 11 is 0. The zero-order valence-electron chi connectivity index (χ0n) is 14.8. The van der Waals surface area contributed by atoms with E-state index in [2.05, 4.69) is 24.8 Å². The lowest BCUT2D eigenvalue weighted by Crippen LogP contribution is -2.44. The number of phosphoric acid groups is 1. The Bertz CT molecular complexity index is 1080. The molecule has 2 aromatic heterocycles. The number of aliphatic hydroxyl groups excluding tert-OH is 1. The van der Waals surface area contributed by atoms with Crippen molar-refractivity contribution in [2.75, 3.05) is 11.9 Å². The van der Waals surface area contributed by atoms with E-state index in [1.165, 1.54) is 24.0 Å². The van der Waals surface area contributed by atoms with Crippen molar-refractivity contribution >= 4 is 36.5 Å². The first-order valence-electron chi connectivity index (χ1n) is 8.26. The van der Waals surface area contributed by atoms with Gasteiger partial charge < -0.3 is 35.0 Å². The van der Waals surface area contributed by atoms with E-state index in [9.17, 15) is 19.6 Å². The SMILES string of the molecule is C[C@@]1(O)[C@H](O)[C@@H](COP(=O)(O)O)O[C@H]1n1cc2c3c(ncnc31)NC(=O)N=C2N. The molecule has 2 aromatic rings. The maximum absolute atomic E-state index is 11.8. The molecule has 0 spiro atoms. The van der Waals surface area contributed by atoms with E-state index in [0.29, 0.717) is 10.9 Å². The molecule has 1 fully saturated rings. The van der Waals surface area contributed by atoms with Gasteiger partial charge >= 0.3 is 13.9 Å². The number of urea groups is 1. The summed E-state index contributed by atoms with van der Waals surface area (Å²) in [5.41, 5.74) is 4.52. The molecule has 156 valence electrons. The van der Waals surface area contributed by atoms with Gasteiger partial charge in [0.15, 0.2) is 6.23 Å². The van der Waals surface area contributed by atoms with Crippen LogP contribution in [-0.2, 0) is 13.8 Å². The summed E-state index contributed by atoms with van der Waals surface area (Å²) in [5.74, 6) is 0.0388. The molecular formula is C14H17N6O8P. The fourth-order valence-electron chi connectivity index (χ4n) is 3.40. The van der Waals surface area contributed by atoms with Crippen molar-refractivity contribution in [3.63, 3.8) is 0 Å². The van der Waals surface area contributed by atoms with Gasteiger partial charge in [-0.25, -0.2) is 19.3 Å². The highest BCUT2D eigenvalue weighted by Gasteiger charge is 2.54. The molecule has 29 heavy (non-hydrogen) atoms. The van der Waals surface area contributed by atoms with E-state index >= 15 is 0 Å². The van der Waals surface area contributed by atoms with Gasteiger partial charge in [-0.15, -0.1) is 0 Å². The monoisotopic (exact) mass is 428 g/mol. The second-order valence-corrected chi connectivity index (χ2v) is 8.02. The first kappa shape index (κ1) is 19.8. The highest BCUT2D eigenvalue weighted by atomic mass is 31.2. The summed E-state index contributed by atoms with van der Waals surface area (Å²) in [6.07, 6.45) is -1.41. The number of aliphatic imine (C=N–C) groups is 1. The fourth-order valence-corrected chi connectivity index (χ4v) is 3.74. The number of rotatable bonds is 4. The van der Waals surface area contributed by atoms with Crippen LogP contribution in [-0.4, -0.2) is 70.8 Å². The number of hydrogen-bond acceptors (Lipinski definition) is 9. The molecule has 0 saturated carbocycles. The highest BCUT2D eigenvalue weighted by molar-refractivity contribution is 7.46. The number of nitrogens with two attached hydrogens (primary N) is 1. The van der Waals surface area contributed by atoms with Crippen molar-refractivity contribution < 1.29 is 38.6 Å². The molecule has 0 aromatic carbocycles. The van der Waals surface area contributed by atoms with Crippen LogP contribution in [0.2, 0.25) is 0 Å². The predicted octanol–water partition coefficient (Wildman–Crippen LogP) is -1.20. The lowest BCUT2D eigenvalue weighted by atomic mass is 9.96. The number of aromatic nitrogens is 3. The van der Waals surface area contributed by atoms with E-state index < -0.39 is 44.5 Å². The van der Waals surface area contributed by atoms with Gasteiger partial charge in [0.05, 0.1) is 12.0 Å². The normalized spacial score (nSPS) is 29.6. The maximum atomic E-state index is 11.8. The number of ether oxygens (including phenoxy) is 1. The number of amidine groups is 1. The summed E-state index contributed by atoms with van der Waals surface area (Å²) in [7, 11) is -4.81. The van der Waals surface area contributed by atoms with Gasteiger partial charge in [-0.2, -0.15) is 4.99 Å². The van der Waals surface area contributed by atoms with Crippen molar-refractivity contribution in [2.24, 2.45) is 10.7 Å². The number of phosphoric ester groups is 1. The van der Waals surface area contributed by atoms with E-state index in [-0.39, 0.29) is 17.3 Å². The molecule has 0 bridgehead atoms. The van der Waals surface area contributed by atoms with Crippen LogP contribution in [0.25, 0.3) is 11.0 Å². The Morgan fingerprint density at radius 3 is 2.86 bits per heavy atom. The molecule has 14 nitrogen and oxygen atoms in total. The van der Waals surface area contributed by atoms with Crippen molar-refractivity contribution in [1.29, 1.82) is 0 Å². The summed E-state index contributed by atoms with van der Waals surface area (Å²) in [6.45, 7) is 0.628. The molecule has 2 aliphatic heterocycles. The number of carbonyl (C=O) groups is 1. The summed E-state index contributed by atoms with van der Waals surface area (Å²) in [6, 6.07) is -0.709. The average Bonchev–Trinajstić information content (AvgIpc) is 3.05. The molecule has 0 radical (unpaired) electrons. The van der Waals surface area contributed by atoms with Gasteiger partial charge in [0.1, 0.15) is 41.4 Å². The molecule has 4 atom stereocenters. The van der Waals surface area contributed by atoms with Gasteiger partial charge in [-0.1, -0.05) is 0 Å². The Kier molecular flexibility index (Phi) is 4.47. The minimum absolute atomic E-state index is 0.112. The smallest absolute Gasteiger partial charge is 0.387 e. The fraction of sp³-hybridized carbons (Fsp3) is 0.429. The van der Waals surface area contributed by atoms with Crippen LogP contribution in [0.5, 0.6) is 0 Å². The Labute approximate surface area is 162 Å². The van der Waals surface area contributed by atoms with E-state index in [0.717, 1.165) is 0 Å². The van der Waals surface area contributed by atoms with E-state index in [1.807, 2.05) is 0 Å². The van der Waals surface area contributed by atoms with E-state index in [4.69, 9.17) is 20.3 Å². The van der Waals surface area contributed by atoms with Crippen LogP contribution in [0.1, 0.15) is 18.7 Å². The topological polar surface area (TPSA) is 215 Å². The second kappa shape index (κ2) is 6.53. The number of carbonyl (C=O) groups excluding carboxylic acids is 1. The van der Waals surface area contributed by atoms with Gasteiger partial charge in [0.25, 0.3) is 0 Å². The maximum Gasteiger partial charge on any atom is 0.469 e. The number of hydrogen-bond donors (Lipinski definition) is 6. The average molecular weight is 428 g/mol. The van der Waals surface area contributed by atoms with Crippen molar-refractivity contribution in [3.8, 4) is 0 Å². The number of anilines is 1. The van der Waals surface area contributed by atoms with Crippen LogP contribution in [0.15, 0.2) is 17.5 Å². The third kappa shape index (κ3) is 3.30. The number of amides is 2. The Morgan fingerprint density at radius 1 is 1.45 bits per heavy atom. The van der Waals surface area contributed by atoms with Crippen LogP contribution >= 0.6 is 7.82 Å². The molecule has 1 saturated heterocycles. The second-order valence-electron chi connectivity index (χ2n) is 6.78. The molecular weight excluding hydrogens is 411 g/mol. The van der Waals surface area contributed by atoms with Crippen LogP contribution in [0, 0.1) is 0 Å². The quantitative estimate of drug-likeness (QED) is 0.318. The number of nitrogens with one attached hydrogen (secondary N) is 1. The van der Waals surface area contributed by atoms with Gasteiger partial charge in [0, 0.05) is 11.8 Å². The number of aliphatic hydroxyl groups is 2. The molecule has 2 amide bonds. The standard InChI is InChI=1S/C14H17N6O8P/c1-14(23)8(21)6(3-27-29(24,25)26)28-12(14)20-2-5-7-10(16-4-17-11(7)20)19-13(22)18-9(5)15/h2,4,6,8,12,21,23H,3H2,1H3,(H2,24,25,26)(H3,15,16,17,18,19,22)/t6-,8-,12-,14-/m1/s1. The molecule has 2 aliphatic rings. The lowest BCUT2D eigenvalue weighted by Gasteiger charge is -2.27. The molecule has 0 unspecified atom stereocenters. The zero-order valence-corrected chi connectivity index (χ0v) is 15.7. The summed E-state index contributed by atoms with van der Waals surface area (Å²) in [5, 5.41) is 24.1. The lowest BCUT2D eigenvalue weighted by molar-refractivity contribution is -0.0947. The minimum atomic E-state index is -4.81. The highest BCUT2D eigenvalue weighted by Crippen LogP contribution is 2.43. The Hall–Kier alpha value is -2.45. The molecule has 4 heterocycles. The third-order valence-electron chi connectivity index (χ3n) is 4.75. The Balaban J connectivity index is 1.78. The van der Waals surface area contributed by atoms with Crippen molar-refractivity contribution in [2.45, 2.75) is 31.0 Å². The van der Waals surface area contributed by atoms with Gasteiger partial charge in [-0.05, 0) is 6.92 Å². The molecule has 7 N–H and O–H groups in total. The van der Waals surface area contributed by atoms with E-state index in [1.54, 1.807) is 0 Å². The van der Waals surface area contributed by atoms with Crippen molar-refractivity contribution in [3.05, 3.63) is 18.1 Å². The first-order chi connectivity index (χ1) is 13.5. The van der Waals surface area contributed by atoms with Gasteiger partial charge in [0.2, 0.25) is 0 Å². The summed E-state index contributed by atoms with van der Waals surface area (Å²) < 4.78 is 22.4.